The highest BCUT2D eigenvalue weighted by Crippen LogP contribution is 2.23. The van der Waals surface area contributed by atoms with Gasteiger partial charge in [-0.25, -0.2) is 14.6 Å². The van der Waals surface area contributed by atoms with Crippen LogP contribution in [0.2, 0.25) is 5.02 Å². The van der Waals surface area contributed by atoms with E-state index in [1.54, 1.807) is 35.0 Å². The first kappa shape index (κ1) is 32.1. The lowest BCUT2D eigenvalue weighted by molar-refractivity contribution is 0.366. The van der Waals surface area contributed by atoms with Crippen LogP contribution in [0, 0.1) is 12.3 Å². The summed E-state index contributed by atoms with van der Waals surface area (Å²) in [4.78, 5) is 15.1. The number of nitrogens with one attached hydrogen (secondary N) is 1. The molecule has 0 saturated heterocycles. The standard InChI is InChI=1S/C31H41ClN12/c1-20-4-10-23(11-5-20)39-27(34)41-28(35)42(17-16-31(2,3)38)18-21-6-14-25(15-7-21)43-19-26(33)44(30(43)37)29(36)40-24-12-8-22(32)9-13-24/h4-6,8-14,19,37H,7,15-18,33,38H2,1-3H3,(H2,36,40)(H4,34,35,39,41). The number of allylic oxidation sites excluding steroid dienone is 3. The molecule has 2 aromatic carbocycles. The van der Waals surface area contributed by atoms with Gasteiger partial charge in [0.25, 0.3) is 0 Å². The smallest absolute Gasteiger partial charge is 0.223 e. The maximum Gasteiger partial charge on any atom is 0.223 e. The first-order valence-corrected chi connectivity index (χ1v) is 14.6. The molecule has 232 valence electrons. The van der Waals surface area contributed by atoms with E-state index in [0.29, 0.717) is 48.1 Å². The Hall–Kier alpha value is -4.81. The first-order chi connectivity index (χ1) is 20.8. The molecule has 1 heterocycles. The molecule has 0 atom stereocenters. The van der Waals surface area contributed by atoms with Crippen molar-refractivity contribution in [3.63, 3.8) is 0 Å². The van der Waals surface area contributed by atoms with Crippen molar-refractivity contribution in [3.05, 3.63) is 88.7 Å². The molecule has 4 rings (SSSR count). The second-order valence-electron chi connectivity index (χ2n) is 11.4. The van der Waals surface area contributed by atoms with Gasteiger partial charge in [-0.2, -0.15) is 4.99 Å². The van der Waals surface area contributed by atoms with Crippen molar-refractivity contribution in [2.45, 2.75) is 45.6 Å². The van der Waals surface area contributed by atoms with Gasteiger partial charge in [0.1, 0.15) is 5.82 Å². The van der Waals surface area contributed by atoms with Gasteiger partial charge in [-0.3, -0.25) is 9.98 Å². The number of benzene rings is 2. The maximum atomic E-state index is 8.75. The average molecular weight is 617 g/mol. The van der Waals surface area contributed by atoms with Gasteiger partial charge in [0, 0.05) is 29.3 Å². The predicted molar refractivity (Wildman–Crippen MR) is 181 cm³/mol. The lowest BCUT2D eigenvalue weighted by Crippen LogP contribution is -2.44. The molecule has 44 heavy (non-hydrogen) atoms. The quantitative estimate of drug-likeness (QED) is 0.164. The van der Waals surface area contributed by atoms with Crippen molar-refractivity contribution in [2.75, 3.05) is 18.8 Å². The van der Waals surface area contributed by atoms with Crippen molar-refractivity contribution in [1.29, 1.82) is 5.41 Å². The Morgan fingerprint density at radius 3 is 2.23 bits per heavy atom. The number of guanidine groups is 2. The number of hydrogen-bond donors (Lipinski definition) is 6. The van der Waals surface area contributed by atoms with Gasteiger partial charge >= 0.3 is 0 Å². The van der Waals surface area contributed by atoms with E-state index in [4.69, 9.17) is 45.7 Å². The highest BCUT2D eigenvalue weighted by molar-refractivity contribution is 6.30. The van der Waals surface area contributed by atoms with Crippen LogP contribution in [-0.2, 0) is 0 Å². The van der Waals surface area contributed by atoms with Gasteiger partial charge in [-0.05, 0) is 82.5 Å². The number of halogens is 1. The van der Waals surface area contributed by atoms with Crippen LogP contribution in [-0.4, -0.2) is 50.5 Å². The fraction of sp³-hybridized carbons (Fsp3) is 0.290. The monoisotopic (exact) mass is 616 g/mol. The highest BCUT2D eigenvalue weighted by Gasteiger charge is 2.19. The van der Waals surface area contributed by atoms with Gasteiger partial charge in [-0.15, -0.1) is 0 Å². The van der Waals surface area contributed by atoms with E-state index in [2.05, 4.69) is 15.0 Å². The average Bonchev–Trinajstić information content (AvgIpc) is 3.26. The Morgan fingerprint density at radius 2 is 1.61 bits per heavy atom. The molecule has 0 unspecified atom stereocenters. The predicted octanol–water partition coefficient (Wildman–Crippen LogP) is 3.76. The van der Waals surface area contributed by atoms with E-state index < -0.39 is 0 Å². The van der Waals surface area contributed by atoms with Crippen molar-refractivity contribution in [3.8, 4) is 0 Å². The first-order valence-electron chi connectivity index (χ1n) is 14.2. The number of imidazole rings is 1. The molecular formula is C31H41ClN12. The molecule has 0 fully saturated rings. The van der Waals surface area contributed by atoms with Gasteiger partial charge in [0.2, 0.25) is 17.5 Å². The molecule has 3 aromatic rings. The third-order valence-electron chi connectivity index (χ3n) is 7.03. The van der Waals surface area contributed by atoms with Crippen LogP contribution in [0.4, 0.5) is 17.2 Å². The minimum atomic E-state index is -0.388. The summed E-state index contributed by atoms with van der Waals surface area (Å²) in [6.45, 7) is 7.08. The van der Waals surface area contributed by atoms with Gasteiger partial charge < -0.3 is 33.6 Å². The highest BCUT2D eigenvalue weighted by atomic mass is 35.5. The Balaban J connectivity index is 1.54. The number of aryl methyl sites for hydroxylation is 1. The minimum absolute atomic E-state index is 0.0727. The third-order valence-corrected chi connectivity index (χ3v) is 7.28. The van der Waals surface area contributed by atoms with Crippen molar-refractivity contribution in [2.24, 2.45) is 37.9 Å². The molecule has 0 bridgehead atoms. The Labute approximate surface area is 262 Å². The molecule has 11 N–H and O–H groups in total. The van der Waals surface area contributed by atoms with Crippen LogP contribution >= 0.6 is 11.6 Å². The van der Waals surface area contributed by atoms with Crippen LogP contribution in [0.25, 0.3) is 5.70 Å². The van der Waals surface area contributed by atoms with Crippen LogP contribution < -0.4 is 34.3 Å². The number of nitrogens with zero attached hydrogens (tertiary/aromatic N) is 6. The summed E-state index contributed by atoms with van der Waals surface area (Å²) in [7, 11) is 0. The molecule has 1 aliphatic carbocycles. The Kier molecular flexibility index (Phi) is 9.97. The molecule has 0 amide bonds. The normalized spacial score (nSPS) is 14.8. The zero-order valence-electron chi connectivity index (χ0n) is 25.3. The van der Waals surface area contributed by atoms with Crippen molar-refractivity contribution < 1.29 is 0 Å². The number of aliphatic imine (C=N–C) groups is 3. The molecule has 0 spiro atoms. The fourth-order valence-electron chi connectivity index (χ4n) is 4.55. The molecule has 0 aliphatic heterocycles. The zero-order chi connectivity index (χ0) is 32.0. The summed E-state index contributed by atoms with van der Waals surface area (Å²) < 4.78 is 3.10. The van der Waals surface area contributed by atoms with E-state index in [1.165, 1.54) is 4.57 Å². The second-order valence-corrected chi connectivity index (χ2v) is 11.9. The SMILES string of the molecule is Cc1ccc(N=C(N)/N=C(\N)N(CCC(C)(C)N)CC2=CC=C(n3cc(N)n(C(N)=Nc4ccc(Cl)cc4)c3=N)CC2)cc1. The zero-order valence-corrected chi connectivity index (χ0v) is 26.1. The van der Waals surface area contributed by atoms with Crippen LogP contribution in [0.1, 0.15) is 38.7 Å². The van der Waals surface area contributed by atoms with Gasteiger partial charge in [0.05, 0.1) is 17.6 Å². The van der Waals surface area contributed by atoms with E-state index in [0.717, 1.165) is 23.3 Å². The lowest BCUT2D eigenvalue weighted by atomic mass is 10.00. The molecule has 1 aromatic heterocycles. The van der Waals surface area contributed by atoms with Crippen molar-refractivity contribution >= 4 is 52.4 Å². The van der Waals surface area contributed by atoms with Crippen LogP contribution in [0.15, 0.2) is 87.4 Å². The summed E-state index contributed by atoms with van der Waals surface area (Å²) in [6, 6.07) is 14.6. The number of nitrogen functional groups attached to an aromatic ring is 1. The summed E-state index contributed by atoms with van der Waals surface area (Å²) in [5, 5.41) is 9.34. The number of aromatic nitrogens is 2. The molecule has 1 aliphatic rings. The third kappa shape index (κ3) is 8.62. The van der Waals surface area contributed by atoms with Gasteiger partial charge in [-0.1, -0.05) is 40.9 Å². The second kappa shape index (κ2) is 13.7. The number of anilines is 1. The minimum Gasteiger partial charge on any atom is -0.383 e. The van der Waals surface area contributed by atoms with E-state index in [1.807, 2.05) is 62.1 Å². The number of rotatable bonds is 8. The largest absolute Gasteiger partial charge is 0.383 e. The Bertz CT molecular complexity index is 1680. The lowest BCUT2D eigenvalue weighted by Gasteiger charge is -2.29. The molecule has 0 radical (unpaired) electrons. The van der Waals surface area contributed by atoms with E-state index in [9.17, 15) is 0 Å². The topological polar surface area (TPSA) is 204 Å². The maximum absolute atomic E-state index is 8.75. The molecular weight excluding hydrogens is 576 g/mol. The Morgan fingerprint density at radius 1 is 0.977 bits per heavy atom. The summed E-state index contributed by atoms with van der Waals surface area (Å²) in [5.74, 6) is 0.718. The van der Waals surface area contributed by atoms with Crippen molar-refractivity contribution in [1.82, 2.24) is 14.0 Å². The number of hydrogen-bond acceptors (Lipinski definition) is 5. The van der Waals surface area contributed by atoms with E-state index in [-0.39, 0.29) is 29.0 Å². The van der Waals surface area contributed by atoms with Crippen LogP contribution in [0.5, 0.6) is 0 Å². The summed E-state index contributed by atoms with van der Waals surface area (Å²) >= 11 is 5.96. The fourth-order valence-corrected chi connectivity index (χ4v) is 4.67. The van der Waals surface area contributed by atoms with Gasteiger partial charge in [0.15, 0.2) is 5.96 Å². The number of nitrogens with two attached hydrogens (primary N) is 5. The van der Waals surface area contributed by atoms with E-state index >= 15 is 0 Å². The van der Waals surface area contributed by atoms with Crippen LogP contribution in [0.3, 0.4) is 0 Å². The summed E-state index contributed by atoms with van der Waals surface area (Å²) in [6.07, 6.45) is 7.77. The summed E-state index contributed by atoms with van der Waals surface area (Å²) in [5.41, 5.74) is 35.5. The molecule has 12 nitrogen and oxygen atoms in total. The molecule has 0 saturated carbocycles. The molecule has 13 heteroatoms.